The van der Waals surface area contributed by atoms with Crippen LogP contribution in [0.2, 0.25) is 5.02 Å². The normalized spacial score (nSPS) is 11.6. The van der Waals surface area contributed by atoms with Crippen molar-refractivity contribution in [1.82, 2.24) is 4.98 Å². The molecule has 1 heterocycles. The molecule has 0 aliphatic carbocycles. The van der Waals surface area contributed by atoms with Crippen LogP contribution in [-0.2, 0) is 15.8 Å². The minimum atomic E-state index is -4.55. The summed E-state index contributed by atoms with van der Waals surface area (Å²) in [5.74, 6) is -0.983. The molecule has 5 nitrogen and oxygen atoms in total. The van der Waals surface area contributed by atoms with E-state index in [9.17, 15) is 22.8 Å². The first-order valence-electron chi connectivity index (χ1n) is 9.14. The standard InChI is InChI=1S/C22H16ClF3N2O3S/c1-13-6-8-18(23)19(10-13)31-20(30)9-7-16-12-32-21(27-16)28(14(2)29)17-5-3-4-15(11-17)22(24,25)26/h3-12H,1-2H3/b9-7+. The summed E-state index contributed by atoms with van der Waals surface area (Å²) >= 11 is 7.05. The number of anilines is 2. The molecule has 0 atom stereocenters. The molecule has 1 aromatic heterocycles. The zero-order chi connectivity index (χ0) is 23.5. The summed E-state index contributed by atoms with van der Waals surface area (Å²) in [6, 6.07) is 9.41. The van der Waals surface area contributed by atoms with Crippen molar-refractivity contribution in [2.75, 3.05) is 4.90 Å². The van der Waals surface area contributed by atoms with Crippen LogP contribution in [0, 0.1) is 6.92 Å². The smallest absolute Gasteiger partial charge is 0.416 e. The van der Waals surface area contributed by atoms with Gasteiger partial charge in [0.25, 0.3) is 0 Å². The first-order valence-corrected chi connectivity index (χ1v) is 10.4. The summed E-state index contributed by atoms with van der Waals surface area (Å²) in [5.41, 5.74) is 0.348. The van der Waals surface area contributed by atoms with Gasteiger partial charge < -0.3 is 4.74 Å². The number of nitrogens with zero attached hydrogens (tertiary/aromatic N) is 2. The summed E-state index contributed by atoms with van der Waals surface area (Å²) in [4.78, 5) is 29.5. The Hall–Kier alpha value is -3.17. The molecule has 0 bridgehead atoms. The number of alkyl halides is 3. The molecule has 0 aliphatic rings. The van der Waals surface area contributed by atoms with Crippen molar-refractivity contribution >= 4 is 51.7 Å². The maximum Gasteiger partial charge on any atom is 0.416 e. The number of benzene rings is 2. The molecular formula is C22H16ClF3N2O3S. The van der Waals surface area contributed by atoms with Gasteiger partial charge >= 0.3 is 12.1 Å². The van der Waals surface area contributed by atoms with E-state index < -0.39 is 23.6 Å². The molecule has 0 unspecified atom stereocenters. The van der Waals surface area contributed by atoms with Crippen molar-refractivity contribution in [3.05, 3.63) is 75.8 Å². The Morgan fingerprint density at radius 2 is 1.94 bits per heavy atom. The maximum absolute atomic E-state index is 13.0. The molecule has 0 N–H and O–H groups in total. The Morgan fingerprint density at radius 1 is 1.19 bits per heavy atom. The van der Waals surface area contributed by atoms with E-state index in [1.165, 1.54) is 25.1 Å². The molecule has 0 saturated carbocycles. The van der Waals surface area contributed by atoms with E-state index in [4.69, 9.17) is 16.3 Å². The average Bonchev–Trinajstić information content (AvgIpc) is 3.17. The summed E-state index contributed by atoms with van der Waals surface area (Å²) < 4.78 is 44.3. The maximum atomic E-state index is 13.0. The van der Waals surface area contributed by atoms with Crippen molar-refractivity contribution in [3.63, 3.8) is 0 Å². The van der Waals surface area contributed by atoms with Crippen LogP contribution in [0.1, 0.15) is 23.7 Å². The van der Waals surface area contributed by atoms with Crippen LogP contribution < -0.4 is 9.64 Å². The van der Waals surface area contributed by atoms with Gasteiger partial charge in [0.05, 0.1) is 22.0 Å². The van der Waals surface area contributed by atoms with Crippen LogP contribution in [0.3, 0.4) is 0 Å². The molecule has 2 aromatic carbocycles. The predicted octanol–water partition coefficient (Wildman–Crippen LogP) is 6.43. The van der Waals surface area contributed by atoms with Crippen LogP contribution in [0.4, 0.5) is 24.0 Å². The van der Waals surface area contributed by atoms with Gasteiger partial charge in [-0.3, -0.25) is 9.69 Å². The van der Waals surface area contributed by atoms with Gasteiger partial charge in [-0.15, -0.1) is 11.3 Å². The van der Waals surface area contributed by atoms with Crippen molar-refractivity contribution in [1.29, 1.82) is 0 Å². The third-order valence-corrected chi connectivity index (χ3v) is 5.29. The molecule has 166 valence electrons. The summed E-state index contributed by atoms with van der Waals surface area (Å²) in [7, 11) is 0. The van der Waals surface area contributed by atoms with Crippen LogP contribution >= 0.6 is 22.9 Å². The number of carbonyl (C=O) groups is 2. The zero-order valence-electron chi connectivity index (χ0n) is 16.8. The van der Waals surface area contributed by atoms with Gasteiger partial charge in [-0.25, -0.2) is 9.78 Å². The Kier molecular flexibility index (Phi) is 7.00. The Balaban J connectivity index is 1.79. The van der Waals surface area contributed by atoms with Crippen LogP contribution in [0.5, 0.6) is 5.75 Å². The molecule has 0 aliphatic heterocycles. The fourth-order valence-electron chi connectivity index (χ4n) is 2.69. The fraction of sp³-hybridized carbons (Fsp3) is 0.136. The lowest BCUT2D eigenvalue weighted by molar-refractivity contribution is -0.137. The molecule has 10 heteroatoms. The third kappa shape index (κ3) is 5.74. The van der Waals surface area contributed by atoms with Crippen molar-refractivity contribution in [2.24, 2.45) is 0 Å². The number of aromatic nitrogens is 1. The molecular weight excluding hydrogens is 465 g/mol. The van der Waals surface area contributed by atoms with Gasteiger partial charge in [0.15, 0.2) is 5.13 Å². The second kappa shape index (κ2) is 9.54. The molecule has 0 fully saturated rings. The monoisotopic (exact) mass is 480 g/mol. The van der Waals surface area contributed by atoms with Crippen LogP contribution in [-0.4, -0.2) is 16.9 Å². The quantitative estimate of drug-likeness (QED) is 0.240. The molecule has 0 saturated heterocycles. The van der Waals surface area contributed by atoms with E-state index in [0.717, 1.165) is 40.0 Å². The van der Waals surface area contributed by atoms with E-state index in [1.807, 2.05) is 6.92 Å². The second-order valence-corrected chi connectivity index (χ2v) is 7.89. The number of hydrogen-bond acceptors (Lipinski definition) is 5. The minimum absolute atomic E-state index is 0.0331. The average molecular weight is 481 g/mol. The highest BCUT2D eigenvalue weighted by Gasteiger charge is 2.31. The molecule has 3 rings (SSSR count). The minimum Gasteiger partial charge on any atom is -0.422 e. The first kappa shape index (κ1) is 23.5. The van der Waals surface area contributed by atoms with E-state index in [0.29, 0.717) is 5.69 Å². The Morgan fingerprint density at radius 3 is 2.62 bits per heavy atom. The van der Waals surface area contributed by atoms with Gasteiger partial charge in [-0.05, 0) is 48.9 Å². The molecule has 3 aromatic rings. The van der Waals surface area contributed by atoms with Crippen LogP contribution in [0.25, 0.3) is 6.08 Å². The Labute approximate surface area is 190 Å². The van der Waals surface area contributed by atoms with Crippen LogP contribution in [0.15, 0.2) is 53.9 Å². The largest absolute Gasteiger partial charge is 0.422 e. The number of hydrogen-bond donors (Lipinski definition) is 0. The number of carbonyl (C=O) groups excluding carboxylic acids is 2. The lowest BCUT2D eigenvalue weighted by Crippen LogP contribution is -2.23. The summed E-state index contributed by atoms with van der Waals surface area (Å²) in [6.07, 6.45) is -2.04. The highest BCUT2D eigenvalue weighted by atomic mass is 35.5. The Bertz CT molecular complexity index is 1190. The molecule has 32 heavy (non-hydrogen) atoms. The molecule has 0 radical (unpaired) electrons. The zero-order valence-corrected chi connectivity index (χ0v) is 18.4. The number of aryl methyl sites for hydroxylation is 1. The number of esters is 1. The highest BCUT2D eigenvalue weighted by molar-refractivity contribution is 7.14. The lowest BCUT2D eigenvalue weighted by atomic mass is 10.2. The van der Waals surface area contributed by atoms with Gasteiger partial charge in [-0.1, -0.05) is 23.7 Å². The van der Waals surface area contributed by atoms with Gasteiger partial charge in [0, 0.05) is 18.4 Å². The van der Waals surface area contributed by atoms with E-state index in [-0.39, 0.29) is 21.6 Å². The highest BCUT2D eigenvalue weighted by Crippen LogP contribution is 2.35. The second-order valence-electron chi connectivity index (χ2n) is 6.65. The predicted molar refractivity (Wildman–Crippen MR) is 117 cm³/mol. The van der Waals surface area contributed by atoms with Gasteiger partial charge in [-0.2, -0.15) is 13.2 Å². The van der Waals surface area contributed by atoms with Crippen molar-refractivity contribution in [2.45, 2.75) is 20.0 Å². The first-order chi connectivity index (χ1) is 15.0. The van der Waals surface area contributed by atoms with Gasteiger partial charge in [0.1, 0.15) is 5.75 Å². The summed E-state index contributed by atoms with van der Waals surface area (Å²) in [5, 5.41) is 2.00. The number of halogens is 4. The molecule has 0 spiro atoms. The fourth-order valence-corrected chi connectivity index (χ4v) is 3.70. The van der Waals surface area contributed by atoms with E-state index >= 15 is 0 Å². The van der Waals surface area contributed by atoms with Crippen molar-refractivity contribution < 1.29 is 27.5 Å². The number of amides is 1. The van der Waals surface area contributed by atoms with E-state index in [1.54, 1.807) is 23.6 Å². The third-order valence-electron chi connectivity index (χ3n) is 4.14. The topological polar surface area (TPSA) is 59.5 Å². The summed E-state index contributed by atoms with van der Waals surface area (Å²) in [6.45, 7) is 3.05. The van der Waals surface area contributed by atoms with Crippen molar-refractivity contribution in [3.8, 4) is 5.75 Å². The molecule has 1 amide bonds. The number of ether oxygens (including phenoxy) is 1. The number of thiazole rings is 1. The van der Waals surface area contributed by atoms with Gasteiger partial charge in [0.2, 0.25) is 5.91 Å². The lowest BCUT2D eigenvalue weighted by Gasteiger charge is -2.19. The SMILES string of the molecule is CC(=O)N(c1cccc(C(F)(F)F)c1)c1nc(/C=C/C(=O)Oc2cc(C)ccc2Cl)cs1. The number of rotatable bonds is 5. The van der Waals surface area contributed by atoms with E-state index in [2.05, 4.69) is 4.98 Å².